The molecule has 6 nitrogen and oxygen atoms in total. The van der Waals surface area contributed by atoms with Crippen molar-refractivity contribution in [3.8, 4) is 17.5 Å². The third kappa shape index (κ3) is 4.09. The van der Waals surface area contributed by atoms with Crippen molar-refractivity contribution in [2.75, 3.05) is 12.9 Å². The Hall–Kier alpha value is -2.28. The van der Waals surface area contributed by atoms with E-state index in [0.29, 0.717) is 10.5 Å². The van der Waals surface area contributed by atoms with Crippen molar-refractivity contribution in [2.45, 2.75) is 5.75 Å². The summed E-state index contributed by atoms with van der Waals surface area (Å²) in [6.07, 6.45) is 0. The average Bonchev–Trinajstić information content (AvgIpc) is 2.80. The van der Waals surface area contributed by atoms with Crippen LogP contribution in [0.25, 0.3) is 0 Å². The lowest BCUT2D eigenvalue weighted by Crippen LogP contribution is -2.20. The standard InChI is InChI=1S/C14H15NO5S/c1-19-11-4-2-10(3-5-11)8-21-9-14(18)20-15-12(16)6-7-13(15)17/h2-7,16-17H,8-9H2,1H3. The van der Waals surface area contributed by atoms with Gasteiger partial charge in [0.1, 0.15) is 5.75 Å². The van der Waals surface area contributed by atoms with Gasteiger partial charge < -0.3 is 19.8 Å². The third-order valence-corrected chi connectivity index (χ3v) is 3.62. The molecular formula is C14H15NO5S. The fraction of sp³-hybridized carbons (Fsp3) is 0.214. The number of aromatic hydroxyl groups is 2. The molecule has 2 rings (SSSR count). The second-order valence-electron chi connectivity index (χ2n) is 4.15. The number of rotatable bonds is 6. The van der Waals surface area contributed by atoms with E-state index in [-0.39, 0.29) is 17.5 Å². The van der Waals surface area contributed by atoms with E-state index in [1.165, 1.54) is 23.9 Å². The largest absolute Gasteiger partial charge is 0.497 e. The summed E-state index contributed by atoms with van der Waals surface area (Å²) in [6, 6.07) is 10.00. The van der Waals surface area contributed by atoms with Crippen molar-refractivity contribution in [1.29, 1.82) is 0 Å². The van der Waals surface area contributed by atoms with Crippen molar-refractivity contribution >= 4 is 17.7 Å². The van der Waals surface area contributed by atoms with Gasteiger partial charge in [0.25, 0.3) is 0 Å². The maximum absolute atomic E-state index is 11.6. The van der Waals surface area contributed by atoms with Crippen molar-refractivity contribution in [3.63, 3.8) is 0 Å². The Labute approximate surface area is 125 Å². The van der Waals surface area contributed by atoms with E-state index in [0.717, 1.165) is 11.3 Å². The smallest absolute Gasteiger partial charge is 0.343 e. The highest BCUT2D eigenvalue weighted by atomic mass is 32.2. The molecule has 7 heteroatoms. The second kappa shape index (κ2) is 6.94. The summed E-state index contributed by atoms with van der Waals surface area (Å²) < 4.78 is 5.74. The predicted molar refractivity (Wildman–Crippen MR) is 78.5 cm³/mol. The highest BCUT2D eigenvalue weighted by Crippen LogP contribution is 2.20. The van der Waals surface area contributed by atoms with Gasteiger partial charge in [-0.05, 0) is 17.7 Å². The van der Waals surface area contributed by atoms with E-state index in [2.05, 4.69) is 0 Å². The molecule has 0 aliphatic carbocycles. The fourth-order valence-corrected chi connectivity index (χ4v) is 2.35. The Bertz CT molecular complexity index is 589. The fourth-order valence-electron chi connectivity index (χ4n) is 1.60. The zero-order valence-corrected chi connectivity index (χ0v) is 12.2. The van der Waals surface area contributed by atoms with Crippen molar-refractivity contribution in [3.05, 3.63) is 42.0 Å². The lowest BCUT2D eigenvalue weighted by molar-refractivity contribution is -0.142. The summed E-state index contributed by atoms with van der Waals surface area (Å²) in [5, 5.41) is 18.7. The minimum absolute atomic E-state index is 0.100. The predicted octanol–water partition coefficient (Wildman–Crippen LogP) is 1.80. The van der Waals surface area contributed by atoms with Gasteiger partial charge in [-0.15, -0.1) is 16.5 Å². The molecule has 112 valence electrons. The number of nitrogens with zero attached hydrogens (tertiary/aromatic N) is 1. The number of ether oxygens (including phenoxy) is 1. The third-order valence-electron chi connectivity index (χ3n) is 2.64. The Kier molecular flexibility index (Phi) is 4.99. The van der Waals surface area contributed by atoms with E-state index >= 15 is 0 Å². The number of thioether (sulfide) groups is 1. The van der Waals surface area contributed by atoms with Crippen LogP contribution in [0.5, 0.6) is 17.5 Å². The first-order chi connectivity index (χ1) is 10.1. The van der Waals surface area contributed by atoms with E-state index in [1.807, 2.05) is 24.3 Å². The lowest BCUT2D eigenvalue weighted by Gasteiger charge is -2.07. The van der Waals surface area contributed by atoms with Crippen LogP contribution in [0.2, 0.25) is 0 Å². The molecule has 0 bridgehead atoms. The quantitative estimate of drug-likeness (QED) is 0.847. The van der Waals surface area contributed by atoms with Crippen molar-refractivity contribution < 1.29 is 24.6 Å². The lowest BCUT2D eigenvalue weighted by atomic mass is 10.2. The average molecular weight is 309 g/mol. The number of hydrogen-bond acceptors (Lipinski definition) is 6. The maximum Gasteiger partial charge on any atom is 0.343 e. The van der Waals surface area contributed by atoms with Gasteiger partial charge in [0, 0.05) is 17.9 Å². The molecule has 0 fully saturated rings. The molecule has 0 atom stereocenters. The molecule has 21 heavy (non-hydrogen) atoms. The maximum atomic E-state index is 11.6. The van der Waals surface area contributed by atoms with Crippen molar-refractivity contribution in [2.24, 2.45) is 0 Å². The molecule has 0 radical (unpaired) electrons. The van der Waals surface area contributed by atoms with Gasteiger partial charge in [-0.25, -0.2) is 4.79 Å². The summed E-state index contributed by atoms with van der Waals surface area (Å²) >= 11 is 1.37. The molecule has 2 aromatic rings. The second-order valence-corrected chi connectivity index (χ2v) is 5.13. The zero-order valence-electron chi connectivity index (χ0n) is 11.4. The Morgan fingerprint density at radius 3 is 2.33 bits per heavy atom. The molecule has 0 aliphatic heterocycles. The van der Waals surface area contributed by atoms with E-state index in [9.17, 15) is 15.0 Å². The summed E-state index contributed by atoms with van der Waals surface area (Å²) in [5.41, 5.74) is 1.06. The first kappa shape index (κ1) is 15.1. The first-order valence-corrected chi connectivity index (χ1v) is 7.27. The molecular weight excluding hydrogens is 294 g/mol. The van der Waals surface area contributed by atoms with E-state index < -0.39 is 5.97 Å². The van der Waals surface area contributed by atoms with Crippen molar-refractivity contribution in [1.82, 2.24) is 4.73 Å². The zero-order chi connectivity index (χ0) is 15.2. The first-order valence-electron chi connectivity index (χ1n) is 6.11. The van der Waals surface area contributed by atoms with E-state index in [4.69, 9.17) is 9.57 Å². The van der Waals surface area contributed by atoms with Crippen LogP contribution in [-0.4, -0.2) is 33.8 Å². The van der Waals surface area contributed by atoms with Gasteiger partial charge in [0.2, 0.25) is 11.8 Å². The van der Waals surface area contributed by atoms with Crippen LogP contribution in [-0.2, 0) is 10.5 Å². The molecule has 0 spiro atoms. The Balaban J connectivity index is 1.79. The molecule has 0 saturated heterocycles. The normalized spacial score (nSPS) is 10.3. The molecule has 1 heterocycles. The monoisotopic (exact) mass is 309 g/mol. The number of benzene rings is 1. The summed E-state index contributed by atoms with van der Waals surface area (Å²) in [4.78, 5) is 16.4. The van der Waals surface area contributed by atoms with Crippen LogP contribution in [0.3, 0.4) is 0 Å². The van der Waals surface area contributed by atoms with Crippen LogP contribution in [0.4, 0.5) is 0 Å². The minimum Gasteiger partial charge on any atom is -0.497 e. The van der Waals surface area contributed by atoms with Crippen LogP contribution >= 0.6 is 11.8 Å². The molecule has 2 N–H and O–H groups in total. The number of aromatic nitrogens is 1. The SMILES string of the molecule is COc1ccc(CSCC(=O)On2c(O)ccc2O)cc1. The van der Waals surface area contributed by atoms with E-state index in [1.54, 1.807) is 7.11 Å². The van der Waals surface area contributed by atoms with Crippen LogP contribution in [0.1, 0.15) is 5.56 Å². The number of hydrogen-bond donors (Lipinski definition) is 2. The highest BCUT2D eigenvalue weighted by molar-refractivity contribution is 7.99. The molecule has 1 aromatic heterocycles. The minimum atomic E-state index is -0.560. The van der Waals surface area contributed by atoms with Gasteiger partial charge in [-0.1, -0.05) is 12.1 Å². The molecule has 0 saturated carbocycles. The topological polar surface area (TPSA) is 80.9 Å². The Morgan fingerprint density at radius 2 is 1.76 bits per heavy atom. The molecule has 0 unspecified atom stereocenters. The van der Waals surface area contributed by atoms with Gasteiger partial charge in [0.15, 0.2) is 0 Å². The summed E-state index contributed by atoms with van der Waals surface area (Å²) in [6.45, 7) is 0. The van der Waals surface area contributed by atoms with Crippen LogP contribution in [0, 0.1) is 0 Å². The number of carbonyl (C=O) groups excluding carboxylic acids is 1. The van der Waals surface area contributed by atoms with Gasteiger partial charge in [-0.3, -0.25) is 0 Å². The van der Waals surface area contributed by atoms with Gasteiger partial charge in [-0.2, -0.15) is 0 Å². The molecule has 1 aromatic carbocycles. The Morgan fingerprint density at radius 1 is 1.14 bits per heavy atom. The van der Waals surface area contributed by atoms with Gasteiger partial charge >= 0.3 is 5.97 Å². The summed E-state index contributed by atoms with van der Waals surface area (Å²) in [7, 11) is 1.60. The van der Waals surface area contributed by atoms with Crippen LogP contribution in [0.15, 0.2) is 36.4 Å². The highest BCUT2D eigenvalue weighted by Gasteiger charge is 2.12. The number of carbonyl (C=O) groups is 1. The molecule has 0 aliphatic rings. The molecule has 0 amide bonds. The van der Waals surface area contributed by atoms with Crippen LogP contribution < -0.4 is 9.57 Å². The van der Waals surface area contributed by atoms with Gasteiger partial charge in [0.05, 0.1) is 12.9 Å². The summed E-state index contributed by atoms with van der Waals surface area (Å²) in [5.74, 6) is 0.297. The number of methoxy groups -OCH3 is 1.